The normalized spacial score (nSPS) is 20.1. The molecule has 0 aliphatic carbocycles. The van der Waals surface area contributed by atoms with Crippen molar-refractivity contribution in [2.24, 2.45) is 0 Å². The Morgan fingerprint density at radius 1 is 0.912 bits per heavy atom. The van der Waals surface area contributed by atoms with Crippen molar-refractivity contribution in [1.29, 1.82) is 0 Å². The zero-order chi connectivity index (χ0) is 42.7. The Labute approximate surface area is 331 Å². The monoisotopic (exact) mass is 796 g/mol. The van der Waals surface area contributed by atoms with Gasteiger partial charge in [0.05, 0.1) is 12.6 Å². The predicted molar refractivity (Wildman–Crippen MR) is 203 cm³/mol. The molecule has 2 aromatic rings. The van der Waals surface area contributed by atoms with Gasteiger partial charge in [-0.2, -0.15) is 0 Å². The smallest absolute Gasteiger partial charge is 0.408 e. The number of carbonyl (C=O) groups is 7. The van der Waals surface area contributed by atoms with Gasteiger partial charge in [0.2, 0.25) is 0 Å². The van der Waals surface area contributed by atoms with Gasteiger partial charge in [-0.25, -0.2) is 9.59 Å². The van der Waals surface area contributed by atoms with Gasteiger partial charge in [0.1, 0.15) is 30.2 Å². The molecule has 2 amide bonds. The number of hydrogen-bond donors (Lipinski definition) is 2. The molecule has 0 bridgehead atoms. The lowest BCUT2D eigenvalue weighted by Crippen LogP contribution is -2.69. The second-order valence-electron chi connectivity index (χ2n) is 14.6. The summed E-state index contributed by atoms with van der Waals surface area (Å²) >= 11 is 0. The lowest BCUT2D eigenvalue weighted by molar-refractivity contribution is -0.240. The number of carbonyl (C=O) groups excluding carboxylic acids is 7. The van der Waals surface area contributed by atoms with Gasteiger partial charge in [-0.15, -0.1) is 6.58 Å². The van der Waals surface area contributed by atoms with Gasteiger partial charge in [0.25, 0.3) is 5.91 Å². The lowest BCUT2D eigenvalue weighted by atomic mass is 9.81. The number of aryl methyl sites for hydroxylation is 2. The van der Waals surface area contributed by atoms with Gasteiger partial charge < -0.3 is 43.8 Å². The van der Waals surface area contributed by atoms with Crippen molar-refractivity contribution in [2.45, 2.75) is 123 Å². The minimum absolute atomic E-state index is 0.158. The molecule has 0 radical (unpaired) electrons. The van der Waals surface area contributed by atoms with Crippen molar-refractivity contribution in [3.8, 4) is 5.75 Å². The van der Waals surface area contributed by atoms with E-state index in [1.54, 1.807) is 65.0 Å². The van der Waals surface area contributed by atoms with E-state index >= 15 is 0 Å². The minimum Gasteiger partial charge on any atom is -0.460 e. The first kappa shape index (κ1) is 45.6. The number of rotatable bonds is 15. The molecule has 0 aromatic heterocycles. The molecule has 1 aliphatic rings. The number of nitrogens with one attached hydrogen (secondary N) is 2. The van der Waals surface area contributed by atoms with Crippen LogP contribution < -0.4 is 15.4 Å². The first-order valence-electron chi connectivity index (χ1n) is 18.2. The number of ether oxygens (including phenoxy) is 7. The number of amides is 2. The third-order valence-electron chi connectivity index (χ3n) is 8.45. The predicted octanol–water partition coefficient (Wildman–Crippen LogP) is 4.49. The molecule has 57 heavy (non-hydrogen) atoms. The minimum atomic E-state index is -1.96. The fraction of sp³-hybridized carbons (Fsp3) is 0.488. The molecule has 2 N–H and O–H groups in total. The van der Waals surface area contributed by atoms with Crippen LogP contribution in [0.25, 0.3) is 0 Å². The molecular weight excluding hydrogens is 744 g/mol. The maximum absolute atomic E-state index is 14.2. The standard InChI is InChI=1S/C41H52N2O14/c1-11-17-41(38(49)51-22-29-15-13-12-14-16-29)20-31(52-25(4)44)33(43-39(50)57-40(8,9)10)36(56-41)35(55-28(7)47)32(53-26(5)45)21-42-37(48)30-18-23(2)34(24(3)19-30)54-27(6)46/h11-16,18-19,31-33,35-36H,1,17,20-22H2,2-10H3,(H,42,48)(H,43,50)/t31-,32+,33+,35+,36+,41+/m0/s1. The molecule has 1 heterocycles. The van der Waals surface area contributed by atoms with Gasteiger partial charge in [-0.05, 0) is 63.4 Å². The average molecular weight is 797 g/mol. The molecule has 310 valence electrons. The summed E-state index contributed by atoms with van der Waals surface area (Å²) < 4.78 is 40.2. The molecule has 1 aliphatic heterocycles. The third kappa shape index (κ3) is 13.4. The molecule has 16 heteroatoms. The van der Waals surface area contributed by atoms with Crippen molar-refractivity contribution in [1.82, 2.24) is 10.6 Å². The first-order chi connectivity index (χ1) is 26.6. The highest BCUT2D eigenvalue weighted by molar-refractivity contribution is 5.95. The highest BCUT2D eigenvalue weighted by atomic mass is 16.6. The van der Waals surface area contributed by atoms with E-state index < -0.39 is 90.1 Å². The summed E-state index contributed by atoms with van der Waals surface area (Å²) in [7, 11) is 0. The Balaban J connectivity index is 2.16. The van der Waals surface area contributed by atoms with Crippen LogP contribution in [0, 0.1) is 13.8 Å². The summed E-state index contributed by atoms with van der Waals surface area (Å²) in [6, 6.07) is 10.4. The molecule has 16 nitrogen and oxygen atoms in total. The molecule has 0 unspecified atom stereocenters. The summed E-state index contributed by atoms with van der Waals surface area (Å²) in [5, 5.41) is 5.32. The van der Waals surface area contributed by atoms with Crippen LogP contribution in [0.1, 0.15) is 88.4 Å². The summed E-state index contributed by atoms with van der Waals surface area (Å²) in [5.41, 5.74) is -1.16. The summed E-state index contributed by atoms with van der Waals surface area (Å²) in [6.45, 7) is 15.8. The molecule has 1 saturated heterocycles. The van der Waals surface area contributed by atoms with Crippen LogP contribution in [0.3, 0.4) is 0 Å². The number of esters is 5. The molecule has 3 rings (SSSR count). The Bertz CT molecular complexity index is 1800. The molecule has 0 spiro atoms. The van der Waals surface area contributed by atoms with E-state index in [2.05, 4.69) is 17.2 Å². The van der Waals surface area contributed by atoms with Crippen molar-refractivity contribution in [3.05, 3.63) is 77.4 Å². The van der Waals surface area contributed by atoms with E-state index in [1.165, 1.54) is 25.1 Å². The van der Waals surface area contributed by atoms with Crippen LogP contribution in [0.4, 0.5) is 4.79 Å². The van der Waals surface area contributed by atoms with E-state index in [0.717, 1.165) is 20.8 Å². The van der Waals surface area contributed by atoms with Crippen molar-refractivity contribution < 1.29 is 66.7 Å². The molecule has 1 fully saturated rings. The quantitative estimate of drug-likeness (QED) is 0.110. The van der Waals surface area contributed by atoms with E-state index in [4.69, 9.17) is 33.2 Å². The topological polar surface area (TPSA) is 208 Å². The fourth-order valence-corrected chi connectivity index (χ4v) is 6.36. The number of hydrogen-bond acceptors (Lipinski definition) is 14. The van der Waals surface area contributed by atoms with E-state index in [9.17, 15) is 33.6 Å². The Hall–Kier alpha value is -5.77. The van der Waals surface area contributed by atoms with Gasteiger partial charge in [-0.1, -0.05) is 36.4 Å². The third-order valence-corrected chi connectivity index (χ3v) is 8.45. The molecule has 0 saturated carbocycles. The van der Waals surface area contributed by atoms with Crippen molar-refractivity contribution in [2.75, 3.05) is 6.54 Å². The Morgan fingerprint density at radius 2 is 1.53 bits per heavy atom. The average Bonchev–Trinajstić information content (AvgIpc) is 3.09. The van der Waals surface area contributed by atoms with Crippen LogP contribution >= 0.6 is 0 Å². The largest absolute Gasteiger partial charge is 0.460 e. The van der Waals surface area contributed by atoms with Crippen LogP contribution in [-0.4, -0.2) is 90.1 Å². The zero-order valence-electron chi connectivity index (χ0n) is 33.8. The highest BCUT2D eigenvalue weighted by Crippen LogP contribution is 2.39. The fourth-order valence-electron chi connectivity index (χ4n) is 6.36. The molecule has 6 atom stereocenters. The number of benzene rings is 2. The molecular formula is C41H52N2O14. The van der Waals surface area contributed by atoms with E-state index in [0.29, 0.717) is 16.7 Å². The first-order valence-corrected chi connectivity index (χ1v) is 18.2. The number of alkyl carbamates (subject to hydrolysis) is 1. The highest BCUT2D eigenvalue weighted by Gasteiger charge is 2.58. The van der Waals surface area contributed by atoms with Crippen LogP contribution in [-0.2, 0) is 59.0 Å². The Morgan fingerprint density at radius 3 is 2.05 bits per heavy atom. The second kappa shape index (κ2) is 19.9. The summed E-state index contributed by atoms with van der Waals surface area (Å²) in [4.78, 5) is 90.8. The SMILES string of the molecule is C=CC[C@]1(C(=O)OCc2ccccc2)C[C@H](OC(C)=O)[C@@H](NC(=O)OC(C)(C)C)[C@H]([C@H](OC(C)=O)[C@@H](CNC(=O)c2cc(C)c(OC(C)=O)c(C)c2)OC(C)=O)O1. The van der Waals surface area contributed by atoms with Crippen LogP contribution in [0.5, 0.6) is 5.75 Å². The van der Waals surface area contributed by atoms with Crippen LogP contribution in [0.2, 0.25) is 0 Å². The van der Waals surface area contributed by atoms with Gasteiger partial charge in [0.15, 0.2) is 17.8 Å². The second-order valence-corrected chi connectivity index (χ2v) is 14.6. The summed E-state index contributed by atoms with van der Waals surface area (Å²) in [5.74, 6) is -4.34. The zero-order valence-corrected chi connectivity index (χ0v) is 33.8. The van der Waals surface area contributed by atoms with E-state index in [1.807, 2.05) is 0 Å². The maximum Gasteiger partial charge on any atom is 0.408 e. The lowest BCUT2D eigenvalue weighted by Gasteiger charge is -2.49. The van der Waals surface area contributed by atoms with E-state index in [-0.39, 0.29) is 30.8 Å². The summed E-state index contributed by atoms with van der Waals surface area (Å²) in [6.07, 6.45) is -6.40. The Kier molecular flexibility index (Phi) is 15.9. The van der Waals surface area contributed by atoms with Gasteiger partial charge in [-0.3, -0.25) is 24.0 Å². The maximum atomic E-state index is 14.2. The van der Waals surface area contributed by atoms with Crippen molar-refractivity contribution in [3.63, 3.8) is 0 Å². The van der Waals surface area contributed by atoms with Gasteiger partial charge >= 0.3 is 35.9 Å². The van der Waals surface area contributed by atoms with Gasteiger partial charge in [0, 0.05) is 46.1 Å². The van der Waals surface area contributed by atoms with Crippen LogP contribution in [0.15, 0.2) is 55.1 Å². The molecule has 2 aromatic carbocycles. The van der Waals surface area contributed by atoms with Crippen molar-refractivity contribution >= 4 is 41.8 Å².